The highest BCUT2D eigenvalue weighted by atomic mass is 16.5. The van der Waals surface area contributed by atoms with Crippen LogP contribution in [0.5, 0.6) is 5.75 Å². The van der Waals surface area contributed by atoms with Gasteiger partial charge in [-0.05, 0) is 51.7 Å². The molecule has 2 atom stereocenters. The van der Waals surface area contributed by atoms with Gasteiger partial charge in [0.15, 0.2) is 5.96 Å². The fourth-order valence-corrected chi connectivity index (χ4v) is 4.38. The molecule has 7 nitrogen and oxygen atoms in total. The van der Waals surface area contributed by atoms with E-state index in [9.17, 15) is 4.79 Å². The summed E-state index contributed by atoms with van der Waals surface area (Å²) in [6.07, 6.45) is 4.97. The van der Waals surface area contributed by atoms with Gasteiger partial charge in [0, 0.05) is 44.7 Å². The molecule has 2 fully saturated rings. The quantitative estimate of drug-likeness (QED) is 0.529. The molecule has 0 saturated carbocycles. The fraction of sp³-hybridized carbons (Fsp3) is 0.652. The summed E-state index contributed by atoms with van der Waals surface area (Å²) in [5.41, 5.74) is 1.13. The maximum absolute atomic E-state index is 12.6. The third-order valence-electron chi connectivity index (χ3n) is 6.02. The van der Waals surface area contributed by atoms with Crippen molar-refractivity contribution < 1.29 is 9.53 Å². The van der Waals surface area contributed by atoms with E-state index in [-0.39, 0.29) is 5.91 Å². The molecule has 0 aliphatic carbocycles. The van der Waals surface area contributed by atoms with Crippen molar-refractivity contribution in [2.75, 3.05) is 44.7 Å². The molecule has 0 aromatic heterocycles. The molecule has 2 aliphatic heterocycles. The predicted octanol–water partition coefficient (Wildman–Crippen LogP) is 2.62. The molecule has 1 aromatic carbocycles. The Bertz CT molecular complexity index is 723. The van der Waals surface area contributed by atoms with Crippen molar-refractivity contribution >= 4 is 17.6 Å². The van der Waals surface area contributed by atoms with Crippen molar-refractivity contribution in [3.8, 4) is 5.75 Å². The van der Waals surface area contributed by atoms with Crippen molar-refractivity contribution in [1.82, 2.24) is 15.5 Å². The van der Waals surface area contributed by atoms with E-state index in [4.69, 9.17) is 4.74 Å². The third kappa shape index (κ3) is 5.80. The minimum Gasteiger partial charge on any atom is -0.495 e. The first-order chi connectivity index (χ1) is 14.6. The normalized spacial score (nSPS) is 22.2. The van der Waals surface area contributed by atoms with Crippen LogP contribution in [0.25, 0.3) is 0 Å². The lowest BCUT2D eigenvalue weighted by atomic mass is 10.0. The lowest BCUT2D eigenvalue weighted by Gasteiger charge is -2.33. The second kappa shape index (κ2) is 11.1. The molecule has 2 aliphatic rings. The number of piperidine rings is 1. The van der Waals surface area contributed by atoms with Gasteiger partial charge >= 0.3 is 0 Å². The Kier molecular flexibility index (Phi) is 8.22. The molecule has 2 heterocycles. The molecule has 3 rings (SSSR count). The van der Waals surface area contributed by atoms with E-state index in [0.29, 0.717) is 25.0 Å². The first-order valence-corrected chi connectivity index (χ1v) is 11.3. The maximum atomic E-state index is 12.6. The van der Waals surface area contributed by atoms with Crippen LogP contribution in [0.4, 0.5) is 5.69 Å². The molecule has 0 spiro atoms. The van der Waals surface area contributed by atoms with Crippen LogP contribution >= 0.6 is 0 Å². The number of hydrogen-bond acceptors (Lipinski definition) is 4. The number of benzene rings is 1. The molecule has 2 unspecified atom stereocenters. The van der Waals surface area contributed by atoms with Crippen LogP contribution in [-0.2, 0) is 4.79 Å². The molecule has 0 radical (unpaired) electrons. The number of likely N-dealkylation sites (tertiary alicyclic amines) is 1. The monoisotopic (exact) mass is 415 g/mol. The Morgan fingerprint density at radius 2 is 2.07 bits per heavy atom. The van der Waals surface area contributed by atoms with Crippen molar-refractivity contribution in [3.63, 3.8) is 0 Å². The highest BCUT2D eigenvalue weighted by molar-refractivity contribution is 5.81. The topological polar surface area (TPSA) is 69.2 Å². The molecular formula is C23H37N5O2. The van der Waals surface area contributed by atoms with Crippen molar-refractivity contribution in [1.29, 1.82) is 0 Å². The van der Waals surface area contributed by atoms with Gasteiger partial charge in [-0.2, -0.15) is 0 Å². The van der Waals surface area contributed by atoms with Crippen molar-refractivity contribution in [2.24, 2.45) is 4.99 Å². The fourth-order valence-electron chi connectivity index (χ4n) is 4.38. The number of nitrogens with zero attached hydrogens (tertiary/aromatic N) is 3. The Labute approximate surface area is 180 Å². The zero-order valence-corrected chi connectivity index (χ0v) is 18.7. The molecule has 166 valence electrons. The predicted molar refractivity (Wildman–Crippen MR) is 122 cm³/mol. The van der Waals surface area contributed by atoms with E-state index < -0.39 is 0 Å². The number of guanidine groups is 1. The minimum absolute atomic E-state index is 0.227. The summed E-state index contributed by atoms with van der Waals surface area (Å²) in [6.45, 7) is 8.29. The number of carbonyl (C=O) groups excluding carboxylic acids is 1. The molecule has 1 aromatic rings. The minimum atomic E-state index is 0.227. The lowest BCUT2D eigenvalue weighted by molar-refractivity contribution is -0.134. The Morgan fingerprint density at radius 3 is 2.83 bits per heavy atom. The molecular weight excluding hydrogens is 378 g/mol. The maximum Gasteiger partial charge on any atom is 0.224 e. The van der Waals surface area contributed by atoms with E-state index in [1.165, 1.54) is 6.42 Å². The van der Waals surface area contributed by atoms with Crippen LogP contribution in [0, 0.1) is 0 Å². The van der Waals surface area contributed by atoms with Crippen LogP contribution < -0.4 is 20.3 Å². The van der Waals surface area contributed by atoms with Gasteiger partial charge in [-0.3, -0.25) is 9.79 Å². The van der Waals surface area contributed by atoms with Crippen molar-refractivity contribution in [3.05, 3.63) is 24.3 Å². The van der Waals surface area contributed by atoms with E-state index in [2.05, 4.69) is 40.4 Å². The summed E-state index contributed by atoms with van der Waals surface area (Å²) >= 11 is 0. The van der Waals surface area contributed by atoms with Crippen LogP contribution in [0.2, 0.25) is 0 Å². The number of carbonyl (C=O) groups is 1. The highest BCUT2D eigenvalue weighted by Crippen LogP contribution is 2.30. The summed E-state index contributed by atoms with van der Waals surface area (Å²) in [7, 11) is 1.71. The Balaban J connectivity index is 1.52. The summed E-state index contributed by atoms with van der Waals surface area (Å²) in [6, 6.07) is 8.82. The first-order valence-electron chi connectivity index (χ1n) is 11.3. The SMILES string of the molecule is CCNC(=NCCC(=O)N1CCCCC1C)NC1CCN(c2ccccc2OC)C1. The summed E-state index contributed by atoms with van der Waals surface area (Å²) in [5, 5.41) is 6.87. The number of anilines is 1. The third-order valence-corrected chi connectivity index (χ3v) is 6.02. The summed E-state index contributed by atoms with van der Waals surface area (Å²) in [5.74, 6) is 1.93. The van der Waals surface area contributed by atoms with Gasteiger partial charge in [0.2, 0.25) is 5.91 Å². The van der Waals surface area contributed by atoms with Crippen LogP contribution in [-0.4, -0.2) is 68.7 Å². The first kappa shape index (κ1) is 22.2. The van der Waals surface area contributed by atoms with Gasteiger partial charge in [-0.25, -0.2) is 0 Å². The van der Waals surface area contributed by atoms with E-state index in [0.717, 1.165) is 62.8 Å². The van der Waals surface area contributed by atoms with E-state index >= 15 is 0 Å². The number of amides is 1. The molecule has 2 saturated heterocycles. The highest BCUT2D eigenvalue weighted by Gasteiger charge is 2.25. The van der Waals surface area contributed by atoms with Crippen LogP contribution in [0.3, 0.4) is 0 Å². The van der Waals surface area contributed by atoms with Crippen LogP contribution in [0.1, 0.15) is 46.0 Å². The van der Waals surface area contributed by atoms with Gasteiger partial charge in [-0.15, -0.1) is 0 Å². The van der Waals surface area contributed by atoms with Gasteiger partial charge in [0.05, 0.1) is 19.3 Å². The second-order valence-electron chi connectivity index (χ2n) is 8.19. The molecule has 1 amide bonds. The van der Waals surface area contributed by atoms with Gasteiger partial charge < -0.3 is 25.2 Å². The Hall–Kier alpha value is -2.44. The van der Waals surface area contributed by atoms with Crippen LogP contribution in [0.15, 0.2) is 29.3 Å². The number of nitrogens with one attached hydrogen (secondary N) is 2. The molecule has 30 heavy (non-hydrogen) atoms. The largest absolute Gasteiger partial charge is 0.495 e. The summed E-state index contributed by atoms with van der Waals surface area (Å²) < 4.78 is 5.51. The lowest BCUT2D eigenvalue weighted by Crippen LogP contribution is -2.45. The number of hydrogen-bond donors (Lipinski definition) is 2. The summed E-state index contributed by atoms with van der Waals surface area (Å²) in [4.78, 5) is 21.6. The number of methoxy groups -OCH3 is 1. The molecule has 2 N–H and O–H groups in total. The van der Waals surface area contributed by atoms with E-state index in [1.807, 2.05) is 23.1 Å². The van der Waals surface area contributed by atoms with Gasteiger partial charge in [-0.1, -0.05) is 12.1 Å². The standard InChI is InChI=1S/C23H37N5O2/c1-4-24-23(25-14-12-22(29)28-15-8-7-9-18(28)2)26-19-13-16-27(17-19)20-10-5-6-11-21(20)30-3/h5-6,10-11,18-19H,4,7-9,12-17H2,1-3H3,(H2,24,25,26). The number of ether oxygens (including phenoxy) is 1. The average molecular weight is 416 g/mol. The zero-order chi connectivity index (χ0) is 21.3. The Morgan fingerprint density at radius 1 is 1.23 bits per heavy atom. The van der Waals surface area contributed by atoms with E-state index in [1.54, 1.807) is 7.11 Å². The van der Waals surface area contributed by atoms with Gasteiger partial charge in [0.25, 0.3) is 0 Å². The number of rotatable bonds is 7. The second-order valence-corrected chi connectivity index (χ2v) is 8.19. The smallest absolute Gasteiger partial charge is 0.224 e. The molecule has 7 heteroatoms. The molecule has 0 bridgehead atoms. The zero-order valence-electron chi connectivity index (χ0n) is 18.7. The van der Waals surface area contributed by atoms with Gasteiger partial charge in [0.1, 0.15) is 5.75 Å². The van der Waals surface area contributed by atoms with Crippen molar-refractivity contribution in [2.45, 2.75) is 58.0 Å². The average Bonchev–Trinajstić information content (AvgIpc) is 3.22. The number of aliphatic imine (C=N–C) groups is 1. The number of para-hydroxylation sites is 2.